The molecule has 6 heteroatoms. The van der Waals surface area contributed by atoms with E-state index in [9.17, 15) is 13.2 Å². The average molecular weight is 276 g/mol. The van der Waals surface area contributed by atoms with Crippen molar-refractivity contribution < 1.29 is 13.2 Å². The zero-order valence-corrected chi connectivity index (χ0v) is 12.1. The van der Waals surface area contributed by atoms with Crippen LogP contribution in [0.4, 0.5) is 0 Å². The van der Waals surface area contributed by atoms with Gasteiger partial charge in [0.05, 0.1) is 5.75 Å². The van der Waals surface area contributed by atoms with Gasteiger partial charge in [-0.1, -0.05) is 12.8 Å². The van der Waals surface area contributed by atoms with Crippen molar-refractivity contribution >= 4 is 15.7 Å². The quantitative estimate of drug-likeness (QED) is 0.812. The van der Waals surface area contributed by atoms with Gasteiger partial charge in [0.25, 0.3) is 0 Å². The van der Waals surface area contributed by atoms with Crippen molar-refractivity contribution in [3.05, 3.63) is 0 Å². The highest BCUT2D eigenvalue weighted by atomic mass is 32.2. The van der Waals surface area contributed by atoms with Crippen molar-refractivity contribution in [2.45, 2.75) is 50.8 Å². The van der Waals surface area contributed by atoms with E-state index in [1.807, 2.05) is 0 Å². The molecule has 2 unspecified atom stereocenters. The predicted octanol–water partition coefficient (Wildman–Crippen LogP) is 0.540. The molecule has 0 aromatic heterocycles. The molecule has 0 radical (unpaired) electrons. The number of sulfone groups is 1. The van der Waals surface area contributed by atoms with E-state index in [2.05, 4.69) is 0 Å². The standard InChI is InChI=1S/C12H24N2O3S/c1-10(13)9-18(16,17)11(2)12(15)14-7-5-3-4-6-8-14/h10-11H,3-9,13H2,1-2H3. The van der Waals surface area contributed by atoms with Gasteiger partial charge in [0, 0.05) is 19.1 Å². The first-order chi connectivity index (χ1) is 8.34. The maximum atomic E-state index is 12.2. The third kappa shape index (κ3) is 4.24. The fourth-order valence-corrected chi connectivity index (χ4v) is 3.69. The van der Waals surface area contributed by atoms with Crippen LogP contribution in [0.2, 0.25) is 0 Å². The topological polar surface area (TPSA) is 80.5 Å². The number of carbonyl (C=O) groups is 1. The SMILES string of the molecule is CC(N)CS(=O)(=O)C(C)C(=O)N1CCCCCC1. The zero-order chi connectivity index (χ0) is 13.8. The van der Waals surface area contributed by atoms with Crippen molar-refractivity contribution in [1.29, 1.82) is 0 Å². The molecular weight excluding hydrogens is 252 g/mol. The minimum atomic E-state index is -3.44. The Bertz CT molecular complexity index is 371. The second kappa shape index (κ2) is 6.52. The fraction of sp³-hybridized carbons (Fsp3) is 0.917. The Hall–Kier alpha value is -0.620. The summed E-state index contributed by atoms with van der Waals surface area (Å²) in [5.74, 6) is -0.397. The van der Waals surface area contributed by atoms with Crippen LogP contribution in [0.15, 0.2) is 0 Å². The third-order valence-electron chi connectivity index (χ3n) is 3.30. The Morgan fingerprint density at radius 2 is 1.67 bits per heavy atom. The summed E-state index contributed by atoms with van der Waals surface area (Å²) in [4.78, 5) is 13.9. The van der Waals surface area contributed by atoms with Crippen LogP contribution in [0.5, 0.6) is 0 Å². The monoisotopic (exact) mass is 276 g/mol. The van der Waals surface area contributed by atoms with Gasteiger partial charge >= 0.3 is 0 Å². The van der Waals surface area contributed by atoms with Crippen LogP contribution in [-0.2, 0) is 14.6 Å². The van der Waals surface area contributed by atoms with Crippen LogP contribution in [-0.4, -0.2) is 49.4 Å². The van der Waals surface area contributed by atoms with Gasteiger partial charge in [-0.2, -0.15) is 0 Å². The van der Waals surface area contributed by atoms with E-state index in [0.29, 0.717) is 13.1 Å². The molecule has 5 nitrogen and oxygen atoms in total. The molecule has 1 heterocycles. The number of nitrogens with zero attached hydrogens (tertiary/aromatic N) is 1. The van der Waals surface area contributed by atoms with Crippen LogP contribution >= 0.6 is 0 Å². The van der Waals surface area contributed by atoms with Crippen LogP contribution in [0.1, 0.15) is 39.5 Å². The summed E-state index contributed by atoms with van der Waals surface area (Å²) in [5, 5.41) is -0.971. The van der Waals surface area contributed by atoms with Crippen molar-refractivity contribution in [3.63, 3.8) is 0 Å². The molecule has 1 rings (SSSR count). The summed E-state index contributed by atoms with van der Waals surface area (Å²) in [7, 11) is -3.44. The van der Waals surface area contributed by atoms with Gasteiger partial charge in [0.2, 0.25) is 5.91 Å². The highest BCUT2D eigenvalue weighted by molar-refractivity contribution is 7.92. The number of hydrogen-bond donors (Lipinski definition) is 1. The number of likely N-dealkylation sites (tertiary alicyclic amines) is 1. The molecule has 0 aromatic rings. The lowest BCUT2D eigenvalue weighted by Crippen LogP contribution is -2.44. The third-order valence-corrected chi connectivity index (χ3v) is 5.57. The molecule has 0 bridgehead atoms. The Balaban J connectivity index is 2.70. The molecule has 1 aliphatic heterocycles. The summed E-state index contributed by atoms with van der Waals surface area (Å²) in [5.41, 5.74) is 5.52. The maximum Gasteiger partial charge on any atom is 0.240 e. The molecule has 1 amide bonds. The molecule has 0 saturated carbocycles. The summed E-state index contributed by atoms with van der Waals surface area (Å²) in [6, 6.07) is -0.436. The van der Waals surface area contributed by atoms with E-state index in [1.54, 1.807) is 11.8 Å². The first kappa shape index (κ1) is 15.4. The highest BCUT2D eigenvalue weighted by Gasteiger charge is 2.32. The first-order valence-corrected chi connectivity index (χ1v) is 8.32. The Kier molecular flexibility index (Phi) is 5.59. The van der Waals surface area contributed by atoms with Gasteiger partial charge in [-0.3, -0.25) is 4.79 Å². The van der Waals surface area contributed by atoms with Gasteiger partial charge in [0.15, 0.2) is 9.84 Å². The van der Waals surface area contributed by atoms with Gasteiger partial charge in [0.1, 0.15) is 5.25 Å². The molecule has 0 aromatic carbocycles. The highest BCUT2D eigenvalue weighted by Crippen LogP contribution is 2.14. The number of carbonyl (C=O) groups excluding carboxylic acids is 1. The van der Waals surface area contributed by atoms with Gasteiger partial charge in [-0.15, -0.1) is 0 Å². The molecule has 1 saturated heterocycles. The van der Waals surface area contributed by atoms with Crippen molar-refractivity contribution in [3.8, 4) is 0 Å². The maximum absolute atomic E-state index is 12.2. The summed E-state index contributed by atoms with van der Waals surface area (Å²) in [6.07, 6.45) is 4.16. The normalized spacial score (nSPS) is 21.2. The molecule has 0 aliphatic carbocycles. The second-order valence-corrected chi connectivity index (χ2v) is 7.55. The number of nitrogens with two attached hydrogens (primary N) is 1. The molecule has 2 N–H and O–H groups in total. The van der Waals surface area contributed by atoms with Gasteiger partial charge < -0.3 is 10.6 Å². The van der Waals surface area contributed by atoms with Crippen LogP contribution in [0.25, 0.3) is 0 Å². The Labute approximate surface area is 110 Å². The fourth-order valence-electron chi connectivity index (χ4n) is 2.21. The van der Waals surface area contributed by atoms with Crippen molar-refractivity contribution in [2.75, 3.05) is 18.8 Å². The Morgan fingerprint density at radius 3 is 2.11 bits per heavy atom. The molecule has 2 atom stereocenters. The largest absolute Gasteiger partial charge is 0.342 e. The molecule has 18 heavy (non-hydrogen) atoms. The lowest BCUT2D eigenvalue weighted by Gasteiger charge is -2.24. The lowest BCUT2D eigenvalue weighted by molar-refractivity contribution is -0.130. The summed E-state index contributed by atoms with van der Waals surface area (Å²) < 4.78 is 24.0. The van der Waals surface area contributed by atoms with Crippen LogP contribution < -0.4 is 5.73 Å². The van der Waals surface area contributed by atoms with E-state index in [1.165, 1.54) is 6.92 Å². The molecule has 106 valence electrons. The minimum absolute atomic E-state index is 0.131. The van der Waals surface area contributed by atoms with Crippen LogP contribution in [0, 0.1) is 0 Å². The number of rotatable bonds is 4. The second-order valence-electron chi connectivity index (χ2n) is 5.19. The van der Waals surface area contributed by atoms with Gasteiger partial charge in [-0.05, 0) is 26.7 Å². The molecule has 0 spiro atoms. The smallest absolute Gasteiger partial charge is 0.240 e. The molecule has 1 aliphatic rings. The van der Waals surface area contributed by atoms with E-state index < -0.39 is 21.1 Å². The zero-order valence-electron chi connectivity index (χ0n) is 11.3. The predicted molar refractivity (Wildman–Crippen MR) is 71.9 cm³/mol. The lowest BCUT2D eigenvalue weighted by atomic mass is 10.2. The Morgan fingerprint density at radius 1 is 1.17 bits per heavy atom. The van der Waals surface area contributed by atoms with Gasteiger partial charge in [-0.25, -0.2) is 8.42 Å². The van der Waals surface area contributed by atoms with E-state index in [-0.39, 0.29) is 11.7 Å². The van der Waals surface area contributed by atoms with Crippen molar-refractivity contribution in [1.82, 2.24) is 4.90 Å². The first-order valence-electron chi connectivity index (χ1n) is 6.60. The summed E-state index contributed by atoms with van der Waals surface area (Å²) >= 11 is 0. The van der Waals surface area contributed by atoms with Crippen LogP contribution in [0.3, 0.4) is 0 Å². The number of hydrogen-bond acceptors (Lipinski definition) is 4. The summed E-state index contributed by atoms with van der Waals surface area (Å²) in [6.45, 7) is 4.47. The number of amides is 1. The average Bonchev–Trinajstić information content (AvgIpc) is 2.53. The minimum Gasteiger partial charge on any atom is -0.342 e. The van der Waals surface area contributed by atoms with E-state index >= 15 is 0 Å². The van der Waals surface area contributed by atoms with E-state index in [4.69, 9.17) is 5.73 Å². The van der Waals surface area contributed by atoms with Crippen molar-refractivity contribution in [2.24, 2.45) is 5.73 Å². The molecular formula is C12H24N2O3S. The van der Waals surface area contributed by atoms with E-state index in [0.717, 1.165) is 25.7 Å². The molecule has 1 fully saturated rings.